The van der Waals surface area contributed by atoms with E-state index in [-0.39, 0.29) is 5.54 Å². The van der Waals surface area contributed by atoms with Crippen LogP contribution in [0.2, 0.25) is 0 Å². The number of rotatable bonds is 0. The van der Waals surface area contributed by atoms with Gasteiger partial charge in [-0.15, -0.1) is 0 Å². The minimum atomic E-state index is 0.177. The largest absolute Gasteiger partial charge is 0.366 e. The lowest BCUT2D eigenvalue weighted by atomic mass is 10.0. The van der Waals surface area contributed by atoms with E-state index in [4.69, 9.17) is 0 Å². The Hall–Kier alpha value is -0.500. The quantitative estimate of drug-likeness (QED) is 0.543. The van der Waals surface area contributed by atoms with Gasteiger partial charge in [0, 0.05) is 18.3 Å². The molecule has 0 aliphatic carbocycles. The third kappa shape index (κ3) is 1.51. The molecule has 0 atom stereocenters. The van der Waals surface area contributed by atoms with Crippen LogP contribution in [0.3, 0.4) is 0 Å². The van der Waals surface area contributed by atoms with Crippen LogP contribution in [0.4, 0.5) is 0 Å². The molecule has 0 saturated heterocycles. The van der Waals surface area contributed by atoms with Crippen LogP contribution in [-0.4, -0.2) is 24.2 Å². The van der Waals surface area contributed by atoms with Gasteiger partial charge in [-0.1, -0.05) is 0 Å². The van der Waals surface area contributed by atoms with Crippen molar-refractivity contribution < 1.29 is 0 Å². The molecule has 0 saturated carbocycles. The number of hydrogen-bond acceptors (Lipinski definition) is 2. The fourth-order valence-electron chi connectivity index (χ4n) is 1.13. The zero-order chi connectivity index (χ0) is 7.78. The van der Waals surface area contributed by atoms with Crippen LogP contribution in [-0.2, 0) is 0 Å². The molecule has 0 aromatic rings. The Balaban J connectivity index is 2.76. The van der Waals surface area contributed by atoms with Gasteiger partial charge in [0.1, 0.15) is 0 Å². The second kappa shape index (κ2) is 2.27. The summed E-state index contributed by atoms with van der Waals surface area (Å²) in [5.74, 6) is 0. The molecule has 2 nitrogen and oxygen atoms in total. The highest BCUT2D eigenvalue weighted by Gasteiger charge is 2.19. The molecule has 0 fully saturated rings. The van der Waals surface area contributed by atoms with Crippen molar-refractivity contribution in [1.82, 2.24) is 10.2 Å². The minimum absolute atomic E-state index is 0.177. The average Bonchev–Trinajstić information content (AvgIpc) is 1.79. The molecule has 1 heterocycles. The van der Waals surface area contributed by atoms with Gasteiger partial charge < -0.3 is 4.90 Å². The van der Waals surface area contributed by atoms with E-state index in [0.717, 1.165) is 6.67 Å². The zero-order valence-corrected chi connectivity index (χ0v) is 7.23. The van der Waals surface area contributed by atoms with Gasteiger partial charge in [0.2, 0.25) is 0 Å². The Morgan fingerprint density at radius 1 is 1.60 bits per heavy atom. The summed E-state index contributed by atoms with van der Waals surface area (Å²) in [6, 6.07) is 0. The molecule has 1 aliphatic heterocycles. The molecule has 1 aliphatic rings. The third-order valence-corrected chi connectivity index (χ3v) is 1.94. The van der Waals surface area contributed by atoms with Gasteiger partial charge in [-0.2, -0.15) is 0 Å². The lowest BCUT2D eigenvalue weighted by Crippen LogP contribution is -2.47. The molecule has 0 unspecified atom stereocenters. The molecular formula is C8H16N2. The summed E-state index contributed by atoms with van der Waals surface area (Å²) in [4.78, 5) is 2.20. The molecule has 0 radical (unpaired) electrons. The lowest BCUT2D eigenvalue weighted by molar-refractivity contribution is 0.292. The van der Waals surface area contributed by atoms with E-state index in [1.165, 1.54) is 5.70 Å². The fraction of sp³-hybridized carbons (Fsp3) is 0.750. The van der Waals surface area contributed by atoms with Crippen LogP contribution >= 0.6 is 0 Å². The highest BCUT2D eigenvalue weighted by molar-refractivity contribution is 5.11. The summed E-state index contributed by atoms with van der Waals surface area (Å²) >= 11 is 0. The molecule has 0 spiro atoms. The van der Waals surface area contributed by atoms with Gasteiger partial charge in [0.05, 0.1) is 6.67 Å². The van der Waals surface area contributed by atoms with E-state index in [1.807, 2.05) is 0 Å². The topological polar surface area (TPSA) is 15.3 Å². The Kier molecular flexibility index (Phi) is 1.73. The first-order chi connectivity index (χ1) is 4.51. The SMILES string of the molecule is CC1=CC(C)(C)NCN1C. The van der Waals surface area contributed by atoms with E-state index in [2.05, 4.69) is 44.1 Å². The van der Waals surface area contributed by atoms with Crippen molar-refractivity contribution in [2.75, 3.05) is 13.7 Å². The van der Waals surface area contributed by atoms with Gasteiger partial charge in [0.15, 0.2) is 0 Å². The fourth-order valence-corrected chi connectivity index (χ4v) is 1.13. The first kappa shape index (κ1) is 7.61. The maximum absolute atomic E-state index is 3.39. The van der Waals surface area contributed by atoms with Crippen LogP contribution in [0.15, 0.2) is 11.8 Å². The Morgan fingerprint density at radius 2 is 2.20 bits per heavy atom. The van der Waals surface area contributed by atoms with E-state index < -0.39 is 0 Å². The summed E-state index contributed by atoms with van der Waals surface area (Å²) < 4.78 is 0. The number of hydrogen-bond donors (Lipinski definition) is 1. The van der Waals surface area contributed by atoms with Crippen LogP contribution in [0.1, 0.15) is 20.8 Å². The van der Waals surface area contributed by atoms with Gasteiger partial charge in [-0.25, -0.2) is 0 Å². The molecular weight excluding hydrogens is 124 g/mol. The first-order valence-electron chi connectivity index (χ1n) is 3.67. The van der Waals surface area contributed by atoms with Crippen molar-refractivity contribution in [1.29, 1.82) is 0 Å². The molecule has 0 aromatic carbocycles. The summed E-state index contributed by atoms with van der Waals surface area (Å²) in [5, 5.41) is 3.39. The molecule has 1 N–H and O–H groups in total. The van der Waals surface area contributed by atoms with Crippen molar-refractivity contribution in [3.63, 3.8) is 0 Å². The summed E-state index contributed by atoms with van der Waals surface area (Å²) in [6.07, 6.45) is 2.25. The molecule has 0 bridgehead atoms. The Bertz CT molecular complexity index is 159. The van der Waals surface area contributed by atoms with Crippen molar-refractivity contribution in [3.05, 3.63) is 11.8 Å². The Morgan fingerprint density at radius 3 is 2.60 bits per heavy atom. The van der Waals surface area contributed by atoms with Gasteiger partial charge in [0.25, 0.3) is 0 Å². The predicted molar refractivity (Wildman–Crippen MR) is 43.6 cm³/mol. The van der Waals surface area contributed by atoms with Gasteiger partial charge in [-0.3, -0.25) is 5.32 Å². The minimum Gasteiger partial charge on any atom is -0.366 e. The van der Waals surface area contributed by atoms with E-state index in [9.17, 15) is 0 Å². The molecule has 0 amide bonds. The van der Waals surface area contributed by atoms with Crippen LogP contribution in [0, 0.1) is 0 Å². The standard InChI is InChI=1S/C8H16N2/c1-7-5-8(2,3)9-6-10(7)4/h5,9H,6H2,1-4H3. The van der Waals surface area contributed by atoms with Crippen molar-refractivity contribution in [3.8, 4) is 0 Å². The monoisotopic (exact) mass is 140 g/mol. The summed E-state index contributed by atoms with van der Waals surface area (Å²) in [6.45, 7) is 7.46. The van der Waals surface area contributed by atoms with Gasteiger partial charge >= 0.3 is 0 Å². The van der Waals surface area contributed by atoms with E-state index in [0.29, 0.717) is 0 Å². The van der Waals surface area contributed by atoms with E-state index >= 15 is 0 Å². The molecule has 0 aromatic heterocycles. The maximum Gasteiger partial charge on any atom is 0.0682 e. The molecule has 2 heteroatoms. The molecule has 58 valence electrons. The zero-order valence-electron chi connectivity index (χ0n) is 7.23. The number of nitrogens with zero attached hydrogens (tertiary/aromatic N) is 1. The molecule has 1 rings (SSSR count). The summed E-state index contributed by atoms with van der Waals surface area (Å²) in [5.41, 5.74) is 1.53. The summed E-state index contributed by atoms with van der Waals surface area (Å²) in [7, 11) is 2.09. The van der Waals surface area contributed by atoms with Crippen LogP contribution < -0.4 is 5.32 Å². The van der Waals surface area contributed by atoms with Crippen molar-refractivity contribution in [2.45, 2.75) is 26.3 Å². The van der Waals surface area contributed by atoms with Crippen molar-refractivity contribution in [2.24, 2.45) is 0 Å². The predicted octanol–water partition coefficient (Wildman–Crippen LogP) is 1.16. The van der Waals surface area contributed by atoms with E-state index in [1.54, 1.807) is 0 Å². The third-order valence-electron chi connectivity index (χ3n) is 1.94. The number of nitrogens with one attached hydrogen (secondary N) is 1. The average molecular weight is 140 g/mol. The normalized spacial score (nSPS) is 24.4. The Labute approximate surface area is 62.9 Å². The maximum atomic E-state index is 3.39. The van der Waals surface area contributed by atoms with Crippen LogP contribution in [0.5, 0.6) is 0 Å². The smallest absolute Gasteiger partial charge is 0.0682 e. The lowest BCUT2D eigenvalue weighted by Gasteiger charge is -2.35. The second-order valence-electron chi connectivity index (χ2n) is 3.54. The van der Waals surface area contributed by atoms with Gasteiger partial charge in [-0.05, 0) is 26.8 Å². The van der Waals surface area contributed by atoms with Crippen LogP contribution in [0.25, 0.3) is 0 Å². The molecule has 10 heavy (non-hydrogen) atoms. The number of allylic oxidation sites excluding steroid dienone is 1. The highest BCUT2D eigenvalue weighted by atomic mass is 15.2. The van der Waals surface area contributed by atoms with Crippen molar-refractivity contribution >= 4 is 0 Å². The highest BCUT2D eigenvalue weighted by Crippen LogP contribution is 2.14. The second-order valence-corrected chi connectivity index (χ2v) is 3.54. The first-order valence-corrected chi connectivity index (χ1v) is 3.67.